The van der Waals surface area contributed by atoms with Gasteiger partial charge in [0.05, 0.1) is 6.10 Å². The van der Waals surface area contributed by atoms with Crippen LogP contribution in [0, 0.1) is 0 Å². The van der Waals surface area contributed by atoms with Gasteiger partial charge in [0.2, 0.25) is 0 Å². The minimum atomic E-state index is -0.0688. The number of amides is 2. The number of urea groups is 1. The van der Waals surface area contributed by atoms with Crippen LogP contribution in [0.15, 0.2) is 36.9 Å². The SMILES string of the molecule is C=CCCNCCCCCCOC1CCC(N(C)C(=O)Nc2ccc(Cl)cc2)CC1. The first kappa shape index (κ1) is 24.7. The van der Waals surface area contributed by atoms with Crippen molar-refractivity contribution in [2.24, 2.45) is 0 Å². The summed E-state index contributed by atoms with van der Waals surface area (Å²) < 4.78 is 6.08. The molecule has 0 aliphatic heterocycles. The van der Waals surface area contributed by atoms with Crippen molar-refractivity contribution in [3.05, 3.63) is 41.9 Å². The molecule has 30 heavy (non-hydrogen) atoms. The fourth-order valence-corrected chi connectivity index (χ4v) is 3.92. The van der Waals surface area contributed by atoms with Gasteiger partial charge in [-0.3, -0.25) is 0 Å². The summed E-state index contributed by atoms with van der Waals surface area (Å²) in [6.45, 7) is 6.71. The minimum absolute atomic E-state index is 0.0688. The summed E-state index contributed by atoms with van der Waals surface area (Å²) in [7, 11) is 1.88. The molecule has 0 radical (unpaired) electrons. The zero-order valence-corrected chi connectivity index (χ0v) is 19.1. The van der Waals surface area contributed by atoms with Gasteiger partial charge >= 0.3 is 6.03 Å². The third kappa shape index (κ3) is 9.50. The average Bonchev–Trinajstić information content (AvgIpc) is 2.76. The summed E-state index contributed by atoms with van der Waals surface area (Å²) in [6, 6.07) is 7.39. The van der Waals surface area contributed by atoms with E-state index in [4.69, 9.17) is 16.3 Å². The molecule has 0 aromatic heterocycles. The highest BCUT2D eigenvalue weighted by molar-refractivity contribution is 6.30. The highest BCUT2D eigenvalue weighted by atomic mass is 35.5. The molecule has 6 heteroatoms. The maximum absolute atomic E-state index is 12.5. The van der Waals surface area contributed by atoms with Crippen molar-refractivity contribution >= 4 is 23.3 Å². The smallest absolute Gasteiger partial charge is 0.321 e. The molecule has 2 amide bonds. The normalized spacial score (nSPS) is 18.7. The average molecular weight is 436 g/mol. The fourth-order valence-electron chi connectivity index (χ4n) is 3.79. The van der Waals surface area contributed by atoms with Crippen LogP contribution < -0.4 is 10.6 Å². The number of carbonyl (C=O) groups is 1. The Balaban J connectivity index is 1.52. The molecule has 0 atom stereocenters. The first-order valence-corrected chi connectivity index (χ1v) is 11.7. The van der Waals surface area contributed by atoms with Crippen LogP contribution in [-0.4, -0.2) is 49.8 Å². The number of hydrogen-bond acceptors (Lipinski definition) is 3. The van der Waals surface area contributed by atoms with Crippen molar-refractivity contribution in [1.29, 1.82) is 0 Å². The van der Waals surface area contributed by atoms with Gasteiger partial charge in [-0.05, 0) is 82.3 Å². The second-order valence-electron chi connectivity index (χ2n) is 8.09. The van der Waals surface area contributed by atoms with E-state index < -0.39 is 0 Å². The Morgan fingerprint density at radius 3 is 2.53 bits per heavy atom. The number of benzene rings is 1. The van der Waals surface area contributed by atoms with E-state index >= 15 is 0 Å². The zero-order valence-electron chi connectivity index (χ0n) is 18.4. The van der Waals surface area contributed by atoms with E-state index in [1.54, 1.807) is 12.1 Å². The number of anilines is 1. The van der Waals surface area contributed by atoms with Gasteiger partial charge in [0.25, 0.3) is 0 Å². The van der Waals surface area contributed by atoms with E-state index in [0.29, 0.717) is 11.1 Å². The number of nitrogens with one attached hydrogen (secondary N) is 2. The lowest BCUT2D eigenvalue weighted by Gasteiger charge is -2.34. The molecule has 1 aromatic rings. The van der Waals surface area contributed by atoms with Crippen LogP contribution in [0.3, 0.4) is 0 Å². The molecule has 1 aliphatic rings. The molecule has 5 nitrogen and oxygen atoms in total. The predicted octanol–water partition coefficient (Wildman–Crippen LogP) is 5.86. The Hall–Kier alpha value is -1.56. The number of hydrogen-bond donors (Lipinski definition) is 2. The number of ether oxygens (including phenoxy) is 1. The molecule has 0 saturated heterocycles. The Morgan fingerprint density at radius 2 is 1.83 bits per heavy atom. The molecular weight excluding hydrogens is 398 g/mol. The van der Waals surface area contributed by atoms with Gasteiger partial charge in [0, 0.05) is 30.4 Å². The quantitative estimate of drug-likeness (QED) is 0.301. The van der Waals surface area contributed by atoms with Gasteiger partial charge < -0.3 is 20.3 Å². The maximum atomic E-state index is 12.5. The largest absolute Gasteiger partial charge is 0.378 e. The van der Waals surface area contributed by atoms with Crippen LogP contribution >= 0.6 is 11.6 Å². The summed E-state index contributed by atoms with van der Waals surface area (Å²) in [6.07, 6.45) is 12.2. The third-order valence-electron chi connectivity index (χ3n) is 5.73. The van der Waals surface area contributed by atoms with Crippen molar-refractivity contribution in [3.8, 4) is 0 Å². The summed E-state index contributed by atoms with van der Waals surface area (Å²) >= 11 is 5.89. The Kier molecular flexibility index (Phi) is 11.9. The molecule has 1 fully saturated rings. The van der Waals surface area contributed by atoms with Crippen molar-refractivity contribution in [2.75, 3.05) is 32.1 Å². The minimum Gasteiger partial charge on any atom is -0.378 e. The van der Waals surface area contributed by atoms with E-state index in [1.165, 1.54) is 19.3 Å². The molecule has 0 heterocycles. The fraction of sp³-hybridized carbons (Fsp3) is 0.625. The van der Waals surface area contributed by atoms with Crippen LogP contribution in [0.1, 0.15) is 57.8 Å². The van der Waals surface area contributed by atoms with E-state index in [-0.39, 0.29) is 12.1 Å². The van der Waals surface area contributed by atoms with Crippen LogP contribution in [0.2, 0.25) is 5.02 Å². The zero-order chi connectivity index (χ0) is 21.6. The highest BCUT2D eigenvalue weighted by Crippen LogP contribution is 2.25. The van der Waals surface area contributed by atoms with Crippen LogP contribution in [0.5, 0.6) is 0 Å². The third-order valence-corrected chi connectivity index (χ3v) is 5.99. The predicted molar refractivity (Wildman–Crippen MR) is 126 cm³/mol. The van der Waals surface area contributed by atoms with E-state index in [1.807, 2.05) is 30.2 Å². The lowest BCUT2D eigenvalue weighted by Crippen LogP contribution is -2.42. The number of nitrogens with zero attached hydrogens (tertiary/aromatic N) is 1. The van der Waals surface area contributed by atoms with Gasteiger partial charge in [0.15, 0.2) is 0 Å². The molecule has 1 aliphatic carbocycles. The molecule has 0 unspecified atom stereocenters. The van der Waals surface area contributed by atoms with Gasteiger partial charge in [-0.1, -0.05) is 30.5 Å². The van der Waals surface area contributed by atoms with Gasteiger partial charge in [-0.2, -0.15) is 0 Å². The molecular formula is C24H38ClN3O2. The highest BCUT2D eigenvalue weighted by Gasteiger charge is 2.26. The van der Waals surface area contributed by atoms with Gasteiger partial charge in [-0.15, -0.1) is 6.58 Å². The molecule has 1 aromatic carbocycles. The summed E-state index contributed by atoms with van der Waals surface area (Å²) in [5.74, 6) is 0. The number of halogens is 1. The Morgan fingerprint density at radius 1 is 1.13 bits per heavy atom. The molecule has 2 rings (SSSR count). The van der Waals surface area contributed by atoms with E-state index in [2.05, 4.69) is 17.2 Å². The summed E-state index contributed by atoms with van der Waals surface area (Å²) in [5, 5.41) is 7.03. The van der Waals surface area contributed by atoms with Crippen molar-refractivity contribution in [2.45, 2.75) is 69.9 Å². The number of unbranched alkanes of at least 4 members (excludes halogenated alkanes) is 3. The second kappa shape index (κ2) is 14.4. The summed E-state index contributed by atoms with van der Waals surface area (Å²) in [4.78, 5) is 14.3. The van der Waals surface area contributed by atoms with Crippen LogP contribution in [0.4, 0.5) is 10.5 Å². The molecule has 1 saturated carbocycles. The molecule has 0 spiro atoms. The van der Waals surface area contributed by atoms with Crippen LogP contribution in [-0.2, 0) is 4.74 Å². The Bertz CT molecular complexity index is 615. The topological polar surface area (TPSA) is 53.6 Å². The monoisotopic (exact) mass is 435 g/mol. The van der Waals surface area contributed by atoms with Crippen LogP contribution in [0.25, 0.3) is 0 Å². The molecule has 168 valence electrons. The summed E-state index contributed by atoms with van der Waals surface area (Å²) in [5.41, 5.74) is 0.765. The number of rotatable bonds is 13. The molecule has 0 bridgehead atoms. The first-order valence-electron chi connectivity index (χ1n) is 11.3. The standard InChI is InChI=1S/C24H38ClN3O2/c1-3-4-17-26-18-7-5-6-8-19-30-23-15-13-22(14-16-23)28(2)24(29)27-21-11-9-20(25)10-12-21/h3,9-12,22-23,26H,1,4-8,13-19H2,2H3,(H,27,29). The first-order chi connectivity index (χ1) is 14.6. The van der Waals surface area contributed by atoms with E-state index in [0.717, 1.165) is 63.9 Å². The van der Waals surface area contributed by atoms with Gasteiger partial charge in [0.1, 0.15) is 0 Å². The van der Waals surface area contributed by atoms with Gasteiger partial charge in [-0.25, -0.2) is 4.79 Å². The van der Waals surface area contributed by atoms with Crippen molar-refractivity contribution in [1.82, 2.24) is 10.2 Å². The Labute approximate surface area is 187 Å². The van der Waals surface area contributed by atoms with Crippen molar-refractivity contribution in [3.63, 3.8) is 0 Å². The van der Waals surface area contributed by atoms with E-state index in [9.17, 15) is 4.79 Å². The lowest BCUT2D eigenvalue weighted by molar-refractivity contribution is 0.0131. The number of carbonyl (C=O) groups excluding carboxylic acids is 1. The second-order valence-corrected chi connectivity index (χ2v) is 8.53. The molecule has 2 N–H and O–H groups in total. The van der Waals surface area contributed by atoms with Crippen molar-refractivity contribution < 1.29 is 9.53 Å². The maximum Gasteiger partial charge on any atom is 0.321 e. The lowest BCUT2D eigenvalue weighted by atomic mass is 9.92.